The Balaban J connectivity index is 2.90. The Bertz CT molecular complexity index is 499. The van der Waals surface area contributed by atoms with Crippen LogP contribution in [0.25, 0.3) is 0 Å². The number of rotatable bonds is 9. The molecule has 148 valence electrons. The molecule has 26 heavy (non-hydrogen) atoms. The van der Waals surface area contributed by atoms with Gasteiger partial charge in [-0.05, 0) is 6.42 Å². The second-order valence-electron chi connectivity index (χ2n) is 6.16. The van der Waals surface area contributed by atoms with Crippen molar-refractivity contribution in [3.05, 3.63) is 0 Å². The molecule has 0 aromatic rings. The number of carboxylic acids is 4. The smallest absolute Gasteiger partial charge is 0.320 e. The Hall–Kier alpha value is -2.24. The number of carboxylic acid groups (broad SMARTS) is 4. The van der Waals surface area contributed by atoms with E-state index in [1.165, 1.54) is 0 Å². The average Bonchev–Trinajstić information content (AvgIpc) is 2.59. The maximum Gasteiger partial charge on any atom is 0.320 e. The van der Waals surface area contributed by atoms with Gasteiger partial charge in [-0.1, -0.05) is 0 Å². The Kier molecular flexibility index (Phi) is 8.96. The van der Waals surface area contributed by atoms with Gasteiger partial charge in [-0.3, -0.25) is 33.9 Å². The summed E-state index contributed by atoms with van der Waals surface area (Å²) in [6.45, 7) is 1.33. The third kappa shape index (κ3) is 8.23. The van der Waals surface area contributed by atoms with Gasteiger partial charge in [0.25, 0.3) is 0 Å². The summed E-state index contributed by atoms with van der Waals surface area (Å²) >= 11 is 0. The molecule has 0 spiro atoms. The summed E-state index contributed by atoms with van der Waals surface area (Å²) in [7, 11) is 0. The molecule has 1 aliphatic heterocycles. The highest BCUT2D eigenvalue weighted by atomic mass is 16.4. The van der Waals surface area contributed by atoms with Crippen molar-refractivity contribution in [1.29, 1.82) is 0 Å². The van der Waals surface area contributed by atoms with Crippen LogP contribution in [0.3, 0.4) is 0 Å². The molecule has 1 atom stereocenters. The average molecular weight is 375 g/mol. The Morgan fingerprint density at radius 1 is 0.692 bits per heavy atom. The Morgan fingerprint density at radius 2 is 1.12 bits per heavy atom. The van der Waals surface area contributed by atoms with Crippen LogP contribution in [-0.4, -0.2) is 117 Å². The molecule has 0 radical (unpaired) electrons. The van der Waals surface area contributed by atoms with Crippen LogP contribution < -0.4 is 0 Å². The second-order valence-corrected chi connectivity index (χ2v) is 6.16. The molecule has 4 N–H and O–H groups in total. The van der Waals surface area contributed by atoms with E-state index in [0.29, 0.717) is 26.2 Å². The van der Waals surface area contributed by atoms with Crippen LogP contribution in [0, 0.1) is 0 Å². The van der Waals surface area contributed by atoms with Crippen LogP contribution in [0.4, 0.5) is 0 Å². The monoisotopic (exact) mass is 375 g/mol. The molecular formula is C15H25N3O8. The van der Waals surface area contributed by atoms with Crippen molar-refractivity contribution in [3.8, 4) is 0 Å². The van der Waals surface area contributed by atoms with E-state index in [0.717, 1.165) is 0 Å². The Labute approximate surface area is 150 Å². The predicted octanol–water partition coefficient (Wildman–Crippen LogP) is -1.61. The molecule has 0 bridgehead atoms. The molecule has 1 fully saturated rings. The molecule has 1 aliphatic rings. The number of carbonyl (C=O) groups is 4. The molecule has 1 saturated heterocycles. The van der Waals surface area contributed by atoms with Gasteiger partial charge in [0, 0.05) is 45.7 Å². The van der Waals surface area contributed by atoms with E-state index in [9.17, 15) is 24.3 Å². The molecule has 11 nitrogen and oxygen atoms in total. The molecule has 0 amide bonds. The van der Waals surface area contributed by atoms with Gasteiger partial charge in [-0.2, -0.15) is 0 Å². The minimum atomic E-state index is -1.15. The van der Waals surface area contributed by atoms with E-state index in [-0.39, 0.29) is 39.0 Å². The topological polar surface area (TPSA) is 159 Å². The van der Waals surface area contributed by atoms with Crippen LogP contribution in [0.15, 0.2) is 0 Å². The number of nitrogens with zero attached hydrogens (tertiary/aromatic N) is 3. The van der Waals surface area contributed by atoms with Gasteiger partial charge >= 0.3 is 23.9 Å². The lowest BCUT2D eigenvalue weighted by Crippen LogP contribution is -2.47. The van der Waals surface area contributed by atoms with Crippen molar-refractivity contribution < 1.29 is 39.6 Å². The zero-order valence-electron chi connectivity index (χ0n) is 14.4. The number of hydrogen-bond acceptors (Lipinski definition) is 7. The van der Waals surface area contributed by atoms with E-state index in [2.05, 4.69) is 0 Å². The minimum absolute atomic E-state index is 0.0808. The maximum absolute atomic E-state index is 11.6. The van der Waals surface area contributed by atoms with Crippen LogP contribution in [0.2, 0.25) is 0 Å². The van der Waals surface area contributed by atoms with E-state index in [1.807, 2.05) is 0 Å². The zero-order chi connectivity index (χ0) is 19.7. The molecule has 0 unspecified atom stereocenters. The third-order valence-corrected chi connectivity index (χ3v) is 4.21. The van der Waals surface area contributed by atoms with E-state index in [4.69, 9.17) is 15.3 Å². The van der Waals surface area contributed by atoms with Crippen molar-refractivity contribution in [2.24, 2.45) is 0 Å². The lowest BCUT2D eigenvalue weighted by Gasteiger charge is -2.30. The van der Waals surface area contributed by atoms with Gasteiger partial charge in [-0.15, -0.1) is 0 Å². The fourth-order valence-electron chi connectivity index (χ4n) is 2.89. The fourth-order valence-corrected chi connectivity index (χ4v) is 2.89. The van der Waals surface area contributed by atoms with E-state index >= 15 is 0 Å². The zero-order valence-corrected chi connectivity index (χ0v) is 14.4. The van der Waals surface area contributed by atoms with E-state index < -0.39 is 29.9 Å². The first-order valence-corrected chi connectivity index (χ1v) is 8.26. The quantitative estimate of drug-likeness (QED) is 0.367. The Morgan fingerprint density at radius 3 is 1.46 bits per heavy atom. The van der Waals surface area contributed by atoms with Crippen LogP contribution >= 0.6 is 0 Å². The minimum Gasteiger partial charge on any atom is -0.481 e. The molecule has 1 rings (SSSR count). The van der Waals surface area contributed by atoms with Gasteiger partial charge in [-0.25, -0.2) is 0 Å². The first kappa shape index (κ1) is 21.8. The lowest BCUT2D eigenvalue weighted by molar-refractivity contribution is -0.145. The second kappa shape index (κ2) is 10.7. The van der Waals surface area contributed by atoms with Gasteiger partial charge < -0.3 is 20.4 Å². The maximum atomic E-state index is 11.6. The largest absolute Gasteiger partial charge is 0.481 e. The van der Waals surface area contributed by atoms with Crippen molar-refractivity contribution in [2.45, 2.75) is 18.9 Å². The first-order valence-electron chi connectivity index (χ1n) is 8.26. The molecule has 0 aromatic heterocycles. The SMILES string of the molecule is O=C(O)CC[C@H](C(=O)O)N1CCN(CC(=O)O)CCN(CC(=O)O)CC1. The van der Waals surface area contributed by atoms with Gasteiger partial charge in [0.15, 0.2) is 0 Å². The number of aliphatic carboxylic acids is 4. The van der Waals surface area contributed by atoms with Crippen molar-refractivity contribution in [2.75, 3.05) is 52.4 Å². The summed E-state index contributed by atoms with van der Waals surface area (Å²) in [5, 5.41) is 36.2. The van der Waals surface area contributed by atoms with Gasteiger partial charge in [0.05, 0.1) is 13.1 Å². The number of hydrogen-bond donors (Lipinski definition) is 4. The van der Waals surface area contributed by atoms with Crippen LogP contribution in [-0.2, 0) is 19.2 Å². The van der Waals surface area contributed by atoms with Crippen LogP contribution in [0.5, 0.6) is 0 Å². The molecule has 0 saturated carbocycles. The fraction of sp³-hybridized carbons (Fsp3) is 0.733. The van der Waals surface area contributed by atoms with Crippen molar-refractivity contribution in [1.82, 2.24) is 14.7 Å². The highest BCUT2D eigenvalue weighted by Gasteiger charge is 2.28. The van der Waals surface area contributed by atoms with Crippen LogP contribution in [0.1, 0.15) is 12.8 Å². The molecule has 1 heterocycles. The van der Waals surface area contributed by atoms with Gasteiger partial charge in [0.2, 0.25) is 0 Å². The standard InChI is InChI=1S/C15H25N3O8/c19-12(20)2-1-11(15(25)26)18-7-5-16(9-13(21)22)3-4-17(6-8-18)10-14(23)24/h11H,1-10H2,(H,19,20)(H,21,22)(H,23,24)(H,25,26)/t11-/m1/s1. The molecule has 0 aromatic carbocycles. The first-order chi connectivity index (χ1) is 12.2. The van der Waals surface area contributed by atoms with Gasteiger partial charge in [0.1, 0.15) is 6.04 Å². The summed E-state index contributed by atoms with van der Waals surface area (Å²) in [6, 6.07) is -1.03. The summed E-state index contributed by atoms with van der Waals surface area (Å²) < 4.78 is 0. The van der Waals surface area contributed by atoms with E-state index in [1.54, 1.807) is 14.7 Å². The molecular weight excluding hydrogens is 350 g/mol. The lowest BCUT2D eigenvalue weighted by atomic mass is 10.1. The highest BCUT2D eigenvalue weighted by molar-refractivity contribution is 5.75. The molecule has 11 heteroatoms. The van der Waals surface area contributed by atoms with Crippen molar-refractivity contribution >= 4 is 23.9 Å². The normalized spacial score (nSPS) is 19.1. The predicted molar refractivity (Wildman–Crippen MR) is 88.0 cm³/mol. The summed E-state index contributed by atoms with van der Waals surface area (Å²) in [6.07, 6.45) is -0.381. The summed E-state index contributed by atoms with van der Waals surface area (Å²) in [5.41, 5.74) is 0. The molecule has 0 aliphatic carbocycles. The summed E-state index contributed by atoms with van der Waals surface area (Å²) in [5.74, 6) is -4.30. The summed E-state index contributed by atoms with van der Waals surface area (Å²) in [4.78, 5) is 49.1. The highest BCUT2D eigenvalue weighted by Crippen LogP contribution is 2.10. The van der Waals surface area contributed by atoms with Crippen molar-refractivity contribution in [3.63, 3.8) is 0 Å². The third-order valence-electron chi connectivity index (χ3n) is 4.21.